The normalized spacial score (nSPS) is 12.3. The number of hydrogen-bond donors (Lipinski definition) is 1. The highest BCUT2D eigenvalue weighted by Crippen LogP contribution is 2.37. The van der Waals surface area contributed by atoms with Crippen molar-refractivity contribution in [2.45, 2.75) is 38.9 Å². The van der Waals surface area contributed by atoms with Gasteiger partial charge in [-0.1, -0.05) is 20.8 Å². The molecule has 0 fully saturated rings. The molecule has 0 aliphatic carbocycles. The molecule has 0 atom stereocenters. The Balaban J connectivity index is 2.05. The maximum absolute atomic E-state index is 6.27. The van der Waals surface area contributed by atoms with Gasteiger partial charge in [-0.2, -0.15) is 5.10 Å². The first-order chi connectivity index (χ1) is 9.67. The SMILES string of the molecule is Cn1cc(Nc2ccc(O[Si](C)(C)C(C)(C)C)cc2)cn1. The summed E-state index contributed by atoms with van der Waals surface area (Å²) in [5, 5.41) is 7.67. The number of benzene rings is 1. The maximum Gasteiger partial charge on any atom is 0.250 e. The first-order valence-corrected chi connectivity index (χ1v) is 10.1. The first kappa shape index (κ1) is 15.6. The summed E-state index contributed by atoms with van der Waals surface area (Å²) in [5.41, 5.74) is 2.01. The number of hydrogen-bond acceptors (Lipinski definition) is 3. The van der Waals surface area contributed by atoms with Crippen LogP contribution >= 0.6 is 0 Å². The molecule has 0 unspecified atom stereocenters. The van der Waals surface area contributed by atoms with Crippen molar-refractivity contribution < 1.29 is 4.43 Å². The first-order valence-electron chi connectivity index (χ1n) is 7.22. The van der Waals surface area contributed by atoms with Gasteiger partial charge < -0.3 is 9.74 Å². The molecule has 0 aliphatic rings. The van der Waals surface area contributed by atoms with Crippen molar-refractivity contribution in [3.63, 3.8) is 0 Å². The second kappa shape index (κ2) is 5.56. The van der Waals surface area contributed by atoms with Gasteiger partial charge in [0.15, 0.2) is 0 Å². The van der Waals surface area contributed by atoms with Crippen LogP contribution in [-0.2, 0) is 7.05 Å². The summed E-state index contributed by atoms with van der Waals surface area (Å²) >= 11 is 0. The van der Waals surface area contributed by atoms with Gasteiger partial charge in [0.05, 0.1) is 11.9 Å². The molecule has 2 rings (SSSR count). The molecule has 114 valence electrons. The van der Waals surface area contributed by atoms with E-state index in [0.29, 0.717) is 0 Å². The number of aromatic nitrogens is 2. The zero-order chi connectivity index (χ0) is 15.7. The molecule has 1 N–H and O–H groups in total. The predicted molar refractivity (Wildman–Crippen MR) is 90.8 cm³/mol. The molecule has 1 aromatic carbocycles. The minimum atomic E-state index is -1.77. The quantitative estimate of drug-likeness (QED) is 0.842. The summed E-state index contributed by atoms with van der Waals surface area (Å²) in [6.07, 6.45) is 3.75. The predicted octanol–water partition coefficient (Wildman–Crippen LogP) is 4.55. The Bertz CT molecular complexity index is 597. The van der Waals surface area contributed by atoms with Crippen molar-refractivity contribution in [1.82, 2.24) is 9.78 Å². The van der Waals surface area contributed by atoms with Gasteiger partial charge in [-0.3, -0.25) is 4.68 Å². The lowest BCUT2D eigenvalue weighted by Crippen LogP contribution is -2.43. The van der Waals surface area contributed by atoms with Gasteiger partial charge in [-0.15, -0.1) is 0 Å². The van der Waals surface area contributed by atoms with Crippen LogP contribution in [-0.4, -0.2) is 18.1 Å². The number of nitrogens with zero attached hydrogens (tertiary/aromatic N) is 2. The van der Waals surface area contributed by atoms with E-state index >= 15 is 0 Å². The van der Waals surface area contributed by atoms with E-state index in [1.807, 2.05) is 37.5 Å². The topological polar surface area (TPSA) is 39.1 Å². The molecule has 1 aromatic heterocycles. The van der Waals surface area contributed by atoms with E-state index in [4.69, 9.17) is 4.43 Å². The molecule has 4 nitrogen and oxygen atoms in total. The fraction of sp³-hybridized carbons (Fsp3) is 0.438. The van der Waals surface area contributed by atoms with Crippen LogP contribution in [0.25, 0.3) is 0 Å². The minimum Gasteiger partial charge on any atom is -0.544 e. The summed E-state index contributed by atoms with van der Waals surface area (Å²) in [4.78, 5) is 0. The summed E-state index contributed by atoms with van der Waals surface area (Å²) < 4.78 is 8.05. The summed E-state index contributed by atoms with van der Waals surface area (Å²) in [5.74, 6) is 0.943. The van der Waals surface area contributed by atoms with Crippen LogP contribution in [0.2, 0.25) is 18.1 Å². The molecular formula is C16H25N3OSi. The molecule has 0 saturated heterocycles. The van der Waals surface area contributed by atoms with Gasteiger partial charge in [0.1, 0.15) is 5.75 Å². The molecule has 0 radical (unpaired) electrons. The second-order valence-electron chi connectivity index (χ2n) is 6.91. The molecule has 21 heavy (non-hydrogen) atoms. The van der Waals surface area contributed by atoms with E-state index < -0.39 is 8.32 Å². The largest absolute Gasteiger partial charge is 0.544 e. The third-order valence-corrected chi connectivity index (χ3v) is 8.39. The van der Waals surface area contributed by atoms with Crippen LogP contribution in [0, 0.1) is 0 Å². The Labute approximate surface area is 128 Å². The fourth-order valence-corrected chi connectivity index (χ4v) is 2.74. The minimum absolute atomic E-state index is 0.208. The Morgan fingerprint density at radius 2 is 1.71 bits per heavy atom. The Morgan fingerprint density at radius 3 is 2.19 bits per heavy atom. The smallest absolute Gasteiger partial charge is 0.250 e. The van der Waals surface area contributed by atoms with Gasteiger partial charge in [0.25, 0.3) is 0 Å². The average molecular weight is 303 g/mol. The Hall–Kier alpha value is -1.75. The zero-order valence-electron chi connectivity index (χ0n) is 13.8. The van der Waals surface area contributed by atoms with Crippen molar-refractivity contribution in [3.05, 3.63) is 36.7 Å². The van der Waals surface area contributed by atoms with Crippen LogP contribution in [0.3, 0.4) is 0 Å². The third kappa shape index (κ3) is 3.88. The van der Waals surface area contributed by atoms with E-state index in [9.17, 15) is 0 Å². The number of nitrogens with one attached hydrogen (secondary N) is 1. The van der Waals surface area contributed by atoms with E-state index in [2.05, 4.69) is 44.3 Å². The van der Waals surface area contributed by atoms with Crippen LogP contribution in [0.5, 0.6) is 5.75 Å². The molecule has 0 spiro atoms. The van der Waals surface area contributed by atoms with Crippen LogP contribution < -0.4 is 9.74 Å². The average Bonchev–Trinajstić information content (AvgIpc) is 2.75. The molecule has 2 aromatic rings. The van der Waals surface area contributed by atoms with Gasteiger partial charge >= 0.3 is 0 Å². The lowest BCUT2D eigenvalue weighted by atomic mass is 10.2. The van der Waals surface area contributed by atoms with Crippen molar-refractivity contribution in [1.29, 1.82) is 0 Å². The fourth-order valence-electron chi connectivity index (χ4n) is 1.71. The highest BCUT2D eigenvalue weighted by atomic mass is 28.4. The van der Waals surface area contributed by atoms with E-state index in [1.165, 1.54) is 0 Å². The van der Waals surface area contributed by atoms with Crippen LogP contribution in [0.1, 0.15) is 20.8 Å². The van der Waals surface area contributed by atoms with Crippen LogP contribution in [0.15, 0.2) is 36.7 Å². The van der Waals surface area contributed by atoms with E-state index in [0.717, 1.165) is 17.1 Å². The molecule has 0 aliphatic heterocycles. The Morgan fingerprint density at radius 1 is 1.10 bits per heavy atom. The number of aryl methyl sites for hydroxylation is 1. The lowest BCUT2D eigenvalue weighted by Gasteiger charge is -2.36. The van der Waals surface area contributed by atoms with Crippen molar-refractivity contribution >= 4 is 19.7 Å². The number of anilines is 2. The number of rotatable bonds is 4. The lowest BCUT2D eigenvalue weighted by molar-refractivity contribution is 0.492. The molecule has 0 saturated carbocycles. The molecule has 5 heteroatoms. The summed E-state index contributed by atoms with van der Waals surface area (Å²) in [7, 11) is 0.136. The van der Waals surface area contributed by atoms with Crippen molar-refractivity contribution in [2.75, 3.05) is 5.32 Å². The summed E-state index contributed by atoms with van der Waals surface area (Å²) in [6, 6.07) is 8.13. The van der Waals surface area contributed by atoms with Crippen molar-refractivity contribution in [2.24, 2.45) is 7.05 Å². The molecule has 1 heterocycles. The monoisotopic (exact) mass is 303 g/mol. The van der Waals surface area contributed by atoms with E-state index in [-0.39, 0.29) is 5.04 Å². The molecule has 0 bridgehead atoms. The van der Waals surface area contributed by atoms with Gasteiger partial charge in [0, 0.05) is 18.9 Å². The Kier molecular flexibility index (Phi) is 4.14. The maximum atomic E-state index is 6.27. The van der Waals surface area contributed by atoms with E-state index in [1.54, 1.807) is 10.9 Å². The van der Waals surface area contributed by atoms with Gasteiger partial charge in [-0.25, -0.2) is 0 Å². The van der Waals surface area contributed by atoms with Crippen LogP contribution in [0.4, 0.5) is 11.4 Å². The standard InChI is InChI=1S/C16H25N3OSi/c1-16(2,3)21(5,6)20-15-9-7-13(8-10-15)18-14-11-17-19(4)12-14/h7-12,18H,1-6H3. The van der Waals surface area contributed by atoms with Gasteiger partial charge in [0.2, 0.25) is 8.32 Å². The zero-order valence-corrected chi connectivity index (χ0v) is 14.8. The second-order valence-corrected chi connectivity index (χ2v) is 11.6. The molecule has 0 amide bonds. The third-order valence-electron chi connectivity index (χ3n) is 4.03. The summed E-state index contributed by atoms with van der Waals surface area (Å²) in [6.45, 7) is 11.3. The highest BCUT2D eigenvalue weighted by Gasteiger charge is 2.38. The highest BCUT2D eigenvalue weighted by molar-refractivity contribution is 6.74. The van der Waals surface area contributed by atoms with Gasteiger partial charge in [-0.05, 0) is 42.4 Å². The van der Waals surface area contributed by atoms with Crippen molar-refractivity contribution in [3.8, 4) is 5.75 Å². The molecular weight excluding hydrogens is 278 g/mol.